The van der Waals surface area contributed by atoms with Gasteiger partial charge >= 0.3 is 0 Å². The standard InChI is InChI=1S/C15H25N5O3/c1-18(2)8-5-14(21)19-10-12-4-6-17-20(12)13(11-19)15(22)16-7-9-23-3/h4,6,13H,5,7-11H2,1-3H3,(H,16,22)/t13-/m0/s1. The molecule has 1 aliphatic rings. The van der Waals surface area contributed by atoms with E-state index in [0.717, 1.165) is 5.69 Å². The number of nitrogens with zero attached hydrogens (tertiary/aromatic N) is 4. The molecule has 1 aromatic rings. The van der Waals surface area contributed by atoms with Crippen LogP contribution in [-0.4, -0.2) is 78.8 Å². The molecule has 128 valence electrons. The number of methoxy groups -OCH3 is 1. The number of hydrogen-bond acceptors (Lipinski definition) is 5. The minimum Gasteiger partial charge on any atom is -0.383 e. The van der Waals surface area contributed by atoms with Crippen LogP contribution < -0.4 is 5.32 Å². The maximum absolute atomic E-state index is 12.4. The van der Waals surface area contributed by atoms with Gasteiger partial charge in [-0.3, -0.25) is 14.3 Å². The van der Waals surface area contributed by atoms with Gasteiger partial charge in [-0.05, 0) is 20.2 Å². The van der Waals surface area contributed by atoms with Gasteiger partial charge in [-0.25, -0.2) is 0 Å². The Morgan fingerprint density at radius 2 is 2.26 bits per heavy atom. The molecule has 0 radical (unpaired) electrons. The average molecular weight is 323 g/mol. The fourth-order valence-corrected chi connectivity index (χ4v) is 2.55. The second kappa shape index (κ2) is 8.07. The van der Waals surface area contributed by atoms with Gasteiger partial charge < -0.3 is 19.9 Å². The van der Waals surface area contributed by atoms with Crippen molar-refractivity contribution in [2.45, 2.75) is 19.0 Å². The van der Waals surface area contributed by atoms with Crippen LogP contribution in [-0.2, 0) is 20.9 Å². The van der Waals surface area contributed by atoms with E-state index in [4.69, 9.17) is 4.74 Å². The van der Waals surface area contributed by atoms with E-state index in [1.54, 1.807) is 22.9 Å². The Kier molecular flexibility index (Phi) is 6.12. The minimum atomic E-state index is -0.492. The van der Waals surface area contributed by atoms with E-state index in [9.17, 15) is 9.59 Å². The number of nitrogens with one attached hydrogen (secondary N) is 1. The molecule has 0 aliphatic carbocycles. The van der Waals surface area contributed by atoms with Gasteiger partial charge in [-0.2, -0.15) is 5.10 Å². The van der Waals surface area contributed by atoms with E-state index in [1.165, 1.54) is 0 Å². The lowest BCUT2D eigenvalue weighted by molar-refractivity contribution is -0.135. The van der Waals surface area contributed by atoms with E-state index in [0.29, 0.717) is 39.2 Å². The fourth-order valence-electron chi connectivity index (χ4n) is 2.55. The fraction of sp³-hybridized carbons (Fsp3) is 0.667. The molecule has 0 fully saturated rings. The zero-order chi connectivity index (χ0) is 16.8. The Morgan fingerprint density at radius 1 is 1.48 bits per heavy atom. The van der Waals surface area contributed by atoms with Gasteiger partial charge in [0, 0.05) is 32.8 Å². The Labute approximate surface area is 136 Å². The molecule has 0 aromatic carbocycles. The van der Waals surface area contributed by atoms with E-state index >= 15 is 0 Å². The predicted molar refractivity (Wildman–Crippen MR) is 84.7 cm³/mol. The lowest BCUT2D eigenvalue weighted by Gasteiger charge is -2.33. The lowest BCUT2D eigenvalue weighted by atomic mass is 10.1. The predicted octanol–water partition coefficient (Wildman–Crippen LogP) is -0.519. The highest BCUT2D eigenvalue weighted by Gasteiger charge is 2.32. The summed E-state index contributed by atoms with van der Waals surface area (Å²) in [6.45, 7) is 2.43. The second-order valence-electron chi connectivity index (χ2n) is 5.89. The molecule has 0 saturated heterocycles. The molecule has 1 aromatic heterocycles. The van der Waals surface area contributed by atoms with E-state index in [2.05, 4.69) is 10.4 Å². The highest BCUT2D eigenvalue weighted by atomic mass is 16.5. The number of aromatic nitrogens is 2. The van der Waals surface area contributed by atoms with Gasteiger partial charge in [-0.15, -0.1) is 0 Å². The summed E-state index contributed by atoms with van der Waals surface area (Å²) in [6, 6.07) is 1.36. The third-order valence-corrected chi connectivity index (χ3v) is 3.83. The van der Waals surface area contributed by atoms with Crippen LogP contribution in [0.4, 0.5) is 0 Å². The molecule has 1 N–H and O–H groups in total. The zero-order valence-electron chi connectivity index (χ0n) is 14.0. The Morgan fingerprint density at radius 3 is 2.96 bits per heavy atom. The van der Waals surface area contributed by atoms with Gasteiger partial charge in [0.15, 0.2) is 0 Å². The molecule has 23 heavy (non-hydrogen) atoms. The van der Waals surface area contributed by atoms with Crippen molar-refractivity contribution in [3.8, 4) is 0 Å². The van der Waals surface area contributed by atoms with Crippen LogP contribution in [0.1, 0.15) is 18.2 Å². The summed E-state index contributed by atoms with van der Waals surface area (Å²) in [5.41, 5.74) is 0.876. The molecular weight excluding hydrogens is 298 g/mol. The van der Waals surface area contributed by atoms with Crippen molar-refractivity contribution in [1.82, 2.24) is 24.9 Å². The van der Waals surface area contributed by atoms with Crippen molar-refractivity contribution in [3.05, 3.63) is 18.0 Å². The molecule has 0 bridgehead atoms. The molecule has 0 unspecified atom stereocenters. The first kappa shape index (κ1) is 17.4. The first-order chi connectivity index (χ1) is 11.0. The average Bonchev–Trinajstić information content (AvgIpc) is 3.00. The van der Waals surface area contributed by atoms with Gasteiger partial charge in [0.25, 0.3) is 0 Å². The molecule has 0 saturated carbocycles. The summed E-state index contributed by atoms with van der Waals surface area (Å²) in [5, 5.41) is 7.06. The maximum Gasteiger partial charge on any atom is 0.246 e. The monoisotopic (exact) mass is 323 g/mol. The lowest BCUT2D eigenvalue weighted by Crippen LogP contribution is -2.47. The number of carbonyl (C=O) groups excluding carboxylic acids is 2. The summed E-state index contributed by atoms with van der Waals surface area (Å²) in [6.07, 6.45) is 2.11. The summed E-state index contributed by atoms with van der Waals surface area (Å²) in [4.78, 5) is 28.5. The summed E-state index contributed by atoms with van der Waals surface area (Å²) >= 11 is 0. The SMILES string of the molecule is COCCNC(=O)[C@@H]1CN(C(=O)CCN(C)C)Cc2ccnn21. The summed E-state index contributed by atoms with van der Waals surface area (Å²) in [5.74, 6) is -0.0852. The molecular formula is C15H25N5O3. The van der Waals surface area contributed by atoms with E-state index in [-0.39, 0.29) is 11.8 Å². The van der Waals surface area contributed by atoms with Gasteiger partial charge in [0.05, 0.1) is 25.4 Å². The van der Waals surface area contributed by atoms with Gasteiger partial charge in [-0.1, -0.05) is 0 Å². The Hall–Kier alpha value is -1.93. The highest BCUT2D eigenvalue weighted by molar-refractivity contribution is 5.82. The third kappa shape index (κ3) is 4.52. The molecule has 1 aliphatic heterocycles. The highest BCUT2D eigenvalue weighted by Crippen LogP contribution is 2.21. The third-order valence-electron chi connectivity index (χ3n) is 3.83. The Bertz CT molecular complexity index is 543. The molecule has 8 nitrogen and oxygen atoms in total. The molecule has 8 heteroatoms. The number of amides is 2. The van der Waals surface area contributed by atoms with Crippen molar-refractivity contribution in [1.29, 1.82) is 0 Å². The molecule has 2 heterocycles. The van der Waals surface area contributed by atoms with Crippen molar-refractivity contribution in [2.75, 3.05) is 47.4 Å². The van der Waals surface area contributed by atoms with E-state index < -0.39 is 6.04 Å². The number of hydrogen-bond donors (Lipinski definition) is 1. The van der Waals surface area contributed by atoms with Crippen LogP contribution in [0.3, 0.4) is 0 Å². The largest absolute Gasteiger partial charge is 0.383 e. The van der Waals surface area contributed by atoms with Crippen LogP contribution in [0.25, 0.3) is 0 Å². The first-order valence-corrected chi connectivity index (χ1v) is 7.74. The molecule has 1 atom stereocenters. The Balaban J connectivity index is 2.04. The molecule has 2 amide bonds. The maximum atomic E-state index is 12.4. The van der Waals surface area contributed by atoms with Gasteiger partial charge in [0.1, 0.15) is 6.04 Å². The quantitative estimate of drug-likeness (QED) is 0.683. The van der Waals surface area contributed by atoms with Crippen LogP contribution in [0.2, 0.25) is 0 Å². The number of carbonyl (C=O) groups is 2. The normalized spacial score (nSPS) is 17.2. The van der Waals surface area contributed by atoms with E-state index in [1.807, 2.05) is 25.1 Å². The molecule has 2 rings (SSSR count). The van der Waals surface area contributed by atoms with Crippen molar-refractivity contribution >= 4 is 11.8 Å². The van der Waals surface area contributed by atoms with Crippen LogP contribution >= 0.6 is 0 Å². The van der Waals surface area contributed by atoms with Crippen LogP contribution in [0, 0.1) is 0 Å². The first-order valence-electron chi connectivity index (χ1n) is 7.74. The van der Waals surface area contributed by atoms with Crippen molar-refractivity contribution in [3.63, 3.8) is 0 Å². The number of ether oxygens (including phenoxy) is 1. The minimum absolute atomic E-state index is 0.0563. The summed E-state index contributed by atoms with van der Waals surface area (Å²) in [7, 11) is 5.46. The smallest absolute Gasteiger partial charge is 0.246 e. The topological polar surface area (TPSA) is 79.7 Å². The molecule has 0 spiro atoms. The van der Waals surface area contributed by atoms with Crippen LogP contribution in [0.5, 0.6) is 0 Å². The van der Waals surface area contributed by atoms with Crippen molar-refractivity contribution in [2.24, 2.45) is 0 Å². The number of fused-ring (bicyclic) bond motifs is 1. The summed E-state index contributed by atoms with van der Waals surface area (Å²) < 4.78 is 6.65. The van der Waals surface area contributed by atoms with Crippen molar-refractivity contribution < 1.29 is 14.3 Å². The zero-order valence-corrected chi connectivity index (χ0v) is 14.0. The number of rotatable bonds is 7. The van der Waals surface area contributed by atoms with Crippen LogP contribution in [0.15, 0.2) is 12.3 Å². The van der Waals surface area contributed by atoms with Gasteiger partial charge in [0.2, 0.25) is 11.8 Å². The second-order valence-corrected chi connectivity index (χ2v) is 5.89.